The summed E-state index contributed by atoms with van der Waals surface area (Å²) in [5, 5.41) is 0. The lowest BCUT2D eigenvalue weighted by Crippen LogP contribution is -1.98. The van der Waals surface area contributed by atoms with E-state index in [1.54, 1.807) is 18.2 Å². The third kappa shape index (κ3) is 17.4. The summed E-state index contributed by atoms with van der Waals surface area (Å²) in [7, 11) is 0. The Balaban J connectivity index is 0. The fraction of sp³-hybridized carbons (Fsp3) is 0.105. The van der Waals surface area contributed by atoms with E-state index < -0.39 is 0 Å². The molecule has 1 aromatic rings. The van der Waals surface area contributed by atoms with Gasteiger partial charge in [-0.15, -0.1) is 0 Å². The molecule has 21 heavy (non-hydrogen) atoms. The predicted molar refractivity (Wildman–Crippen MR) is 92.9 cm³/mol. The zero-order valence-corrected chi connectivity index (χ0v) is 12.7. The Kier molecular flexibility index (Phi) is 17.1. The Hall–Kier alpha value is -2.61. The minimum absolute atomic E-state index is 0.335. The molecule has 0 unspecified atom stereocenters. The molecule has 2 nitrogen and oxygen atoms in total. The smallest absolute Gasteiger partial charge is 0.330 e. The molecule has 0 saturated heterocycles. The van der Waals surface area contributed by atoms with E-state index >= 15 is 0 Å². The van der Waals surface area contributed by atoms with Crippen molar-refractivity contribution in [3.05, 3.63) is 92.6 Å². The van der Waals surface area contributed by atoms with Gasteiger partial charge >= 0.3 is 5.97 Å². The van der Waals surface area contributed by atoms with Crippen molar-refractivity contribution in [1.82, 2.24) is 0 Å². The number of rotatable bonds is 5. The van der Waals surface area contributed by atoms with Gasteiger partial charge in [0.25, 0.3) is 0 Å². The van der Waals surface area contributed by atoms with Crippen molar-refractivity contribution < 1.29 is 9.53 Å². The zero-order chi connectivity index (χ0) is 16.3. The van der Waals surface area contributed by atoms with Gasteiger partial charge in [0.15, 0.2) is 0 Å². The highest BCUT2D eigenvalue weighted by Crippen LogP contribution is 1.97. The van der Waals surface area contributed by atoms with Crippen LogP contribution in [0.1, 0.15) is 12.5 Å². The molecule has 0 spiro atoms. The molecule has 2 heteroatoms. The molecule has 0 N–H and O–H groups in total. The van der Waals surface area contributed by atoms with Crippen molar-refractivity contribution in [2.45, 2.75) is 6.92 Å². The van der Waals surface area contributed by atoms with E-state index in [9.17, 15) is 4.79 Å². The highest BCUT2D eigenvalue weighted by atomic mass is 16.5. The Labute approximate surface area is 128 Å². The van der Waals surface area contributed by atoms with Gasteiger partial charge < -0.3 is 4.74 Å². The van der Waals surface area contributed by atoms with Crippen LogP contribution in [0, 0.1) is 0 Å². The number of carbonyl (C=O) groups excluding carboxylic acids is 1. The van der Waals surface area contributed by atoms with Crippen LogP contribution in [0.25, 0.3) is 6.08 Å². The van der Waals surface area contributed by atoms with Gasteiger partial charge in [-0.3, -0.25) is 0 Å². The highest BCUT2D eigenvalue weighted by Gasteiger charge is 1.88. The topological polar surface area (TPSA) is 26.3 Å². The van der Waals surface area contributed by atoms with Crippen LogP contribution in [0.2, 0.25) is 0 Å². The average molecular weight is 284 g/mol. The summed E-state index contributed by atoms with van der Waals surface area (Å²) < 4.78 is 4.59. The second kappa shape index (κ2) is 17.4. The molecule has 0 aliphatic heterocycles. The van der Waals surface area contributed by atoms with Crippen LogP contribution >= 0.6 is 0 Å². The van der Waals surface area contributed by atoms with Crippen LogP contribution < -0.4 is 0 Å². The fourth-order valence-corrected chi connectivity index (χ4v) is 0.875. The van der Waals surface area contributed by atoms with Gasteiger partial charge in [-0.2, -0.15) is 0 Å². The number of ether oxygens (including phenoxy) is 1. The number of carbonyl (C=O) groups is 1. The lowest BCUT2D eigenvalue weighted by atomic mass is 10.2. The quantitative estimate of drug-likeness (QED) is 0.330. The molecule has 0 bridgehead atoms. The standard InChI is InChI=1S/C8H8.C7H10O2.C4H6/c1-2-8-6-4-3-5-7-8;1-3-5-6-9-7(8)4-2;1-3-4-2/h2-7H,1H2;3-5H,2,6H2,1H3;3-4H,1-2H2. The van der Waals surface area contributed by atoms with Gasteiger partial charge in [0, 0.05) is 6.08 Å². The normalized spacial score (nSPS) is 8.24. The van der Waals surface area contributed by atoms with E-state index in [-0.39, 0.29) is 5.97 Å². The molecule has 0 aliphatic rings. The molecule has 1 aromatic carbocycles. The van der Waals surface area contributed by atoms with Gasteiger partial charge in [-0.05, 0) is 12.5 Å². The number of benzene rings is 1. The molecule has 0 aliphatic carbocycles. The summed E-state index contributed by atoms with van der Waals surface area (Å²) in [4.78, 5) is 10.3. The molecule has 0 atom stereocenters. The number of allylic oxidation sites excluding steroid dienone is 3. The summed E-state index contributed by atoms with van der Waals surface area (Å²) >= 11 is 0. The van der Waals surface area contributed by atoms with Crippen molar-refractivity contribution in [2.75, 3.05) is 6.61 Å². The summed E-state index contributed by atoms with van der Waals surface area (Å²) in [5.74, 6) is -0.381. The lowest BCUT2D eigenvalue weighted by Gasteiger charge is -1.93. The van der Waals surface area contributed by atoms with Crippen molar-refractivity contribution in [3.63, 3.8) is 0 Å². The van der Waals surface area contributed by atoms with Gasteiger partial charge in [-0.25, -0.2) is 4.79 Å². The van der Waals surface area contributed by atoms with Crippen LogP contribution in [0.4, 0.5) is 0 Å². The van der Waals surface area contributed by atoms with E-state index in [0.717, 1.165) is 6.08 Å². The Bertz CT molecular complexity index is 436. The first-order valence-electron chi connectivity index (χ1n) is 6.47. The first kappa shape index (κ1) is 20.7. The first-order valence-corrected chi connectivity index (χ1v) is 6.47. The molecule has 0 radical (unpaired) electrons. The molecule has 112 valence electrons. The summed E-state index contributed by atoms with van der Waals surface area (Å²) in [6.07, 6.45) is 9.82. The maximum absolute atomic E-state index is 10.3. The minimum atomic E-state index is -0.381. The molecule has 0 amide bonds. The van der Waals surface area contributed by atoms with E-state index in [1.807, 2.05) is 49.4 Å². The zero-order valence-electron chi connectivity index (χ0n) is 12.7. The van der Waals surface area contributed by atoms with E-state index in [4.69, 9.17) is 0 Å². The van der Waals surface area contributed by atoms with E-state index in [0.29, 0.717) is 6.61 Å². The number of esters is 1. The molecule has 1 rings (SSSR count). The lowest BCUT2D eigenvalue weighted by molar-refractivity contribution is -0.136. The molecule has 0 fully saturated rings. The van der Waals surface area contributed by atoms with Gasteiger partial charge in [0.2, 0.25) is 0 Å². The minimum Gasteiger partial charge on any atom is -0.458 e. The van der Waals surface area contributed by atoms with Crippen molar-refractivity contribution in [3.8, 4) is 0 Å². The monoisotopic (exact) mass is 284 g/mol. The fourth-order valence-electron chi connectivity index (χ4n) is 0.875. The molecule has 0 heterocycles. The van der Waals surface area contributed by atoms with Crippen LogP contribution in [-0.2, 0) is 9.53 Å². The Morgan fingerprint density at radius 3 is 2.00 bits per heavy atom. The van der Waals surface area contributed by atoms with Crippen LogP contribution in [0.15, 0.2) is 87.0 Å². The van der Waals surface area contributed by atoms with Crippen LogP contribution in [-0.4, -0.2) is 12.6 Å². The molecular weight excluding hydrogens is 260 g/mol. The van der Waals surface area contributed by atoms with Crippen molar-refractivity contribution in [1.29, 1.82) is 0 Å². The average Bonchev–Trinajstić information content (AvgIpc) is 2.56. The SMILES string of the molecule is C=CC(=O)OCC=CC.C=CC=C.C=Cc1ccccc1. The summed E-state index contributed by atoms with van der Waals surface area (Å²) in [6, 6.07) is 10.0. The second-order valence-electron chi connectivity index (χ2n) is 3.49. The van der Waals surface area contributed by atoms with Gasteiger partial charge in [0.1, 0.15) is 6.61 Å². The number of hydrogen-bond donors (Lipinski definition) is 0. The maximum Gasteiger partial charge on any atom is 0.330 e. The molecule has 0 saturated carbocycles. The van der Waals surface area contributed by atoms with Crippen LogP contribution in [0.5, 0.6) is 0 Å². The molecular formula is C19H24O2. The third-order valence-electron chi connectivity index (χ3n) is 1.93. The number of hydrogen-bond acceptors (Lipinski definition) is 2. The second-order valence-corrected chi connectivity index (χ2v) is 3.49. The van der Waals surface area contributed by atoms with Crippen molar-refractivity contribution >= 4 is 12.0 Å². The maximum atomic E-state index is 10.3. The van der Waals surface area contributed by atoms with Crippen molar-refractivity contribution in [2.24, 2.45) is 0 Å². The Morgan fingerprint density at radius 1 is 1.10 bits per heavy atom. The van der Waals surface area contributed by atoms with E-state index in [2.05, 4.69) is 31.1 Å². The summed E-state index contributed by atoms with van der Waals surface area (Å²) in [6.45, 7) is 15.8. The predicted octanol–water partition coefficient (Wildman–Crippen LogP) is 4.98. The van der Waals surface area contributed by atoms with E-state index in [1.165, 1.54) is 5.56 Å². The third-order valence-corrected chi connectivity index (χ3v) is 1.93. The highest BCUT2D eigenvalue weighted by molar-refractivity contribution is 5.81. The summed E-state index contributed by atoms with van der Waals surface area (Å²) in [5.41, 5.74) is 1.17. The molecule has 0 aromatic heterocycles. The van der Waals surface area contributed by atoms with Crippen LogP contribution in [0.3, 0.4) is 0 Å². The van der Waals surface area contributed by atoms with Gasteiger partial charge in [-0.1, -0.05) is 87.0 Å². The Morgan fingerprint density at radius 2 is 1.67 bits per heavy atom. The first-order chi connectivity index (χ1) is 10.2. The van der Waals surface area contributed by atoms with Gasteiger partial charge in [0.05, 0.1) is 0 Å². The largest absolute Gasteiger partial charge is 0.458 e.